The molecule has 0 aliphatic heterocycles. The van der Waals surface area contributed by atoms with Crippen molar-refractivity contribution in [1.82, 2.24) is 5.27 Å². The van der Waals surface area contributed by atoms with Gasteiger partial charge in [0.25, 0.3) is 5.55 Å². The quantitative estimate of drug-likeness (QED) is 0.820. The van der Waals surface area contributed by atoms with Gasteiger partial charge in [0.1, 0.15) is 0 Å². The molecule has 0 saturated carbocycles. The van der Waals surface area contributed by atoms with E-state index in [1.165, 1.54) is 5.56 Å². The second-order valence-corrected chi connectivity index (χ2v) is 3.59. The van der Waals surface area contributed by atoms with Crippen molar-refractivity contribution < 1.29 is 9.20 Å². The lowest BCUT2D eigenvalue weighted by molar-refractivity contribution is -0.787. The van der Waals surface area contributed by atoms with Crippen molar-refractivity contribution in [3.05, 3.63) is 47.6 Å². The Morgan fingerprint density at radius 3 is 2.62 bits per heavy atom. The molecule has 2 aromatic rings. The second-order valence-electron chi connectivity index (χ2n) is 3.59. The van der Waals surface area contributed by atoms with E-state index in [0.717, 1.165) is 6.42 Å². The maximum absolute atomic E-state index is 7.24. The first-order valence-electron chi connectivity index (χ1n) is 4.89. The van der Waals surface area contributed by atoms with Crippen LogP contribution in [0.1, 0.15) is 18.5 Å². The van der Waals surface area contributed by atoms with Crippen LogP contribution >= 0.6 is 12.4 Å². The summed E-state index contributed by atoms with van der Waals surface area (Å²) in [6.07, 6.45) is 2.48. The van der Waals surface area contributed by atoms with Gasteiger partial charge in [0, 0.05) is 6.42 Å². The van der Waals surface area contributed by atoms with Crippen LogP contribution in [0.3, 0.4) is 0 Å². The average molecular weight is 240 g/mol. The van der Waals surface area contributed by atoms with E-state index in [4.69, 9.17) is 9.93 Å². The minimum Gasteiger partial charge on any atom is -0.487 e. The smallest absolute Gasteiger partial charge is 0.264 e. The predicted molar refractivity (Wildman–Crippen MR) is 60.2 cm³/mol. The molecule has 0 unspecified atom stereocenters. The van der Waals surface area contributed by atoms with E-state index >= 15 is 0 Å². The van der Waals surface area contributed by atoms with Gasteiger partial charge in [0.15, 0.2) is 6.04 Å². The third-order valence-corrected chi connectivity index (χ3v) is 2.31. The molecule has 0 bridgehead atoms. The fourth-order valence-corrected chi connectivity index (χ4v) is 1.51. The Hall–Kier alpha value is -1.55. The van der Waals surface area contributed by atoms with Gasteiger partial charge in [-0.3, -0.25) is 10.7 Å². The molecule has 1 aromatic carbocycles. The maximum atomic E-state index is 7.24. The molecule has 1 atom stereocenters. The largest absolute Gasteiger partial charge is 0.487 e. The van der Waals surface area contributed by atoms with Gasteiger partial charge in [-0.05, 0) is 12.5 Å². The first kappa shape index (κ1) is 12.5. The van der Waals surface area contributed by atoms with Crippen molar-refractivity contribution in [2.75, 3.05) is 0 Å². The molecule has 2 rings (SSSR count). The zero-order valence-corrected chi connectivity index (χ0v) is 9.78. The van der Waals surface area contributed by atoms with Gasteiger partial charge in [0.05, 0.1) is 0 Å². The number of hydrogen-bond donors (Lipinski definition) is 1. The highest BCUT2D eigenvalue weighted by atomic mass is 35.5. The van der Waals surface area contributed by atoms with Gasteiger partial charge >= 0.3 is 0 Å². The van der Waals surface area contributed by atoms with Crippen LogP contribution in [0.5, 0.6) is 0 Å². The molecule has 0 spiro atoms. The van der Waals surface area contributed by atoms with Crippen LogP contribution in [0.15, 0.2) is 41.1 Å². The summed E-state index contributed by atoms with van der Waals surface area (Å²) in [7, 11) is 0. The lowest BCUT2D eigenvalue weighted by atomic mass is 10.1. The number of nitrogens with zero attached hydrogens (tertiary/aromatic N) is 2. The van der Waals surface area contributed by atoms with Gasteiger partial charge in [-0.1, -0.05) is 30.3 Å². The molecule has 1 N–H and O–H groups in total. The molecule has 86 valence electrons. The first-order chi connectivity index (χ1) is 7.25. The van der Waals surface area contributed by atoms with Gasteiger partial charge < -0.3 is 4.52 Å². The van der Waals surface area contributed by atoms with E-state index in [-0.39, 0.29) is 24.0 Å². The number of nitrogens with one attached hydrogen (secondary N) is 1. The summed E-state index contributed by atoms with van der Waals surface area (Å²) < 4.78 is 6.38. The fraction of sp³-hybridized carbons (Fsp3) is 0.273. The van der Waals surface area contributed by atoms with Crippen LogP contribution in [-0.4, -0.2) is 0 Å². The third kappa shape index (κ3) is 2.97. The highest BCUT2D eigenvalue weighted by molar-refractivity contribution is 5.85. The molecule has 16 heavy (non-hydrogen) atoms. The SMILES string of the molecule is C[C@@H](Cc1ccccc1)[n+]1cc(=N)o[n-]1.Cl. The number of halogens is 1. The molecular weight excluding hydrogens is 226 g/mol. The fourth-order valence-electron chi connectivity index (χ4n) is 1.51. The van der Waals surface area contributed by atoms with Crippen LogP contribution in [0.25, 0.3) is 0 Å². The minimum atomic E-state index is 0. The summed E-state index contributed by atoms with van der Waals surface area (Å²) in [4.78, 5) is 0. The average Bonchev–Trinajstić information content (AvgIpc) is 2.66. The Bertz CT molecular complexity index is 477. The van der Waals surface area contributed by atoms with Crippen LogP contribution in [0.4, 0.5) is 0 Å². The Morgan fingerprint density at radius 2 is 2.06 bits per heavy atom. The van der Waals surface area contributed by atoms with E-state index in [1.807, 2.05) is 18.2 Å². The van der Waals surface area contributed by atoms with E-state index < -0.39 is 0 Å². The van der Waals surface area contributed by atoms with Crippen molar-refractivity contribution in [3.8, 4) is 0 Å². The topological polar surface area (TPSA) is 55.0 Å². The van der Waals surface area contributed by atoms with Gasteiger partial charge in [0.2, 0.25) is 6.20 Å². The first-order valence-corrected chi connectivity index (χ1v) is 4.89. The normalized spacial score (nSPS) is 11.8. The summed E-state index contributed by atoms with van der Waals surface area (Å²) in [5, 5.41) is 11.0. The zero-order valence-electron chi connectivity index (χ0n) is 8.96. The molecule has 0 aliphatic carbocycles. The van der Waals surface area contributed by atoms with E-state index in [9.17, 15) is 0 Å². The molecule has 0 saturated heterocycles. The lowest BCUT2D eigenvalue weighted by Gasteiger charge is -2.07. The Balaban J connectivity index is 0.00000128. The molecule has 4 nitrogen and oxygen atoms in total. The highest BCUT2D eigenvalue weighted by Gasteiger charge is 2.10. The Kier molecular flexibility index (Phi) is 4.31. The van der Waals surface area contributed by atoms with Crippen LogP contribution in [0, 0.1) is 5.41 Å². The molecule has 0 radical (unpaired) electrons. The summed E-state index contributed by atoms with van der Waals surface area (Å²) in [5.41, 5.74) is 1.35. The molecule has 5 heteroatoms. The summed E-state index contributed by atoms with van der Waals surface area (Å²) >= 11 is 0. The highest BCUT2D eigenvalue weighted by Crippen LogP contribution is 2.06. The van der Waals surface area contributed by atoms with E-state index in [1.54, 1.807) is 10.9 Å². The Morgan fingerprint density at radius 1 is 1.38 bits per heavy atom. The standard InChI is InChI=1S/C11H13N3O.ClH/c1-9(14-8-11(12)15-13-14)7-10-5-3-2-4-6-10;/h2-6,8-9,12H,7H2,1H3;1H/t9-;/m0./s1. The predicted octanol–water partition coefficient (Wildman–Crippen LogP) is 1.23. The molecule has 1 aromatic heterocycles. The number of hydrogen-bond acceptors (Lipinski definition) is 2. The van der Waals surface area contributed by atoms with Crippen LogP contribution in [0.2, 0.25) is 0 Å². The summed E-state index contributed by atoms with van der Waals surface area (Å²) in [5.74, 6) is 0. The van der Waals surface area contributed by atoms with Crippen molar-refractivity contribution >= 4 is 12.4 Å². The van der Waals surface area contributed by atoms with Crippen molar-refractivity contribution in [1.29, 1.82) is 5.41 Å². The third-order valence-electron chi connectivity index (χ3n) is 2.31. The summed E-state index contributed by atoms with van der Waals surface area (Å²) in [6, 6.07) is 10.4. The van der Waals surface area contributed by atoms with Crippen LogP contribution in [-0.2, 0) is 6.42 Å². The number of aromatic nitrogens is 2. The number of benzene rings is 1. The second kappa shape index (κ2) is 5.51. The van der Waals surface area contributed by atoms with Crippen molar-refractivity contribution in [2.45, 2.75) is 19.4 Å². The van der Waals surface area contributed by atoms with Gasteiger partial charge in [-0.25, -0.2) is 4.68 Å². The molecule has 1 heterocycles. The van der Waals surface area contributed by atoms with Crippen molar-refractivity contribution in [2.24, 2.45) is 0 Å². The van der Waals surface area contributed by atoms with E-state index in [0.29, 0.717) is 0 Å². The van der Waals surface area contributed by atoms with Gasteiger partial charge in [-0.15, -0.1) is 12.4 Å². The molecular formula is C11H14ClN3O. The van der Waals surface area contributed by atoms with Gasteiger partial charge in [-0.2, -0.15) is 0 Å². The number of rotatable bonds is 3. The zero-order chi connectivity index (χ0) is 10.7. The molecule has 0 fully saturated rings. The van der Waals surface area contributed by atoms with Crippen molar-refractivity contribution in [3.63, 3.8) is 0 Å². The van der Waals surface area contributed by atoms with Crippen LogP contribution < -0.4 is 15.5 Å². The lowest BCUT2D eigenvalue weighted by Crippen LogP contribution is -2.42. The monoisotopic (exact) mass is 239 g/mol. The maximum Gasteiger partial charge on any atom is 0.264 e. The van der Waals surface area contributed by atoms with E-state index in [2.05, 4.69) is 24.3 Å². The Labute approximate surface area is 99.8 Å². The molecule has 0 amide bonds. The summed E-state index contributed by atoms with van der Waals surface area (Å²) in [6.45, 7) is 2.05. The minimum absolute atomic E-state index is 0. The molecule has 0 aliphatic rings.